The van der Waals surface area contributed by atoms with E-state index in [2.05, 4.69) is 179 Å². The Morgan fingerprint density at radius 1 is 0.623 bits per heavy atom. The zero-order valence-corrected chi connectivity index (χ0v) is 29.6. The summed E-state index contributed by atoms with van der Waals surface area (Å²) in [5, 5.41) is 3.05. The lowest BCUT2D eigenvalue weighted by Gasteiger charge is -2.23. The zero-order valence-electron chi connectivity index (χ0n) is 29.6. The van der Waals surface area contributed by atoms with Gasteiger partial charge >= 0.3 is 0 Å². The molecular weight excluding hydrogens is 639 g/mol. The van der Waals surface area contributed by atoms with Crippen LogP contribution in [0.25, 0.3) is 78.0 Å². The van der Waals surface area contributed by atoms with Crippen molar-refractivity contribution in [1.29, 1.82) is 0 Å². The monoisotopic (exact) mass is 674 g/mol. The fourth-order valence-corrected chi connectivity index (χ4v) is 8.31. The Kier molecular flexibility index (Phi) is 7.27. The van der Waals surface area contributed by atoms with Gasteiger partial charge in [0.05, 0.1) is 30.1 Å². The van der Waals surface area contributed by atoms with Crippen LogP contribution in [0, 0.1) is 11.8 Å². The van der Waals surface area contributed by atoms with Gasteiger partial charge < -0.3 is 9.13 Å². The van der Waals surface area contributed by atoms with E-state index in [-0.39, 0.29) is 0 Å². The fraction of sp³-hybridized carbons (Fsp3) is 0.0800. The van der Waals surface area contributed by atoms with Crippen molar-refractivity contribution < 1.29 is 0 Å². The van der Waals surface area contributed by atoms with Crippen LogP contribution in [0.4, 0.5) is 0 Å². The minimum atomic E-state index is -0.717. The van der Waals surface area contributed by atoms with E-state index in [0.717, 1.165) is 57.6 Å². The van der Waals surface area contributed by atoms with Crippen molar-refractivity contribution in [2.45, 2.75) is 25.1 Å². The smallest absolute Gasteiger partial charge is 0.0975 e. The van der Waals surface area contributed by atoms with Gasteiger partial charge in [-0.25, -0.2) is 0 Å². The number of benzene rings is 6. The molecule has 0 saturated carbocycles. The van der Waals surface area contributed by atoms with Gasteiger partial charge in [0, 0.05) is 55.1 Å². The molecule has 248 valence electrons. The molecule has 8 aromatic rings. The van der Waals surface area contributed by atoms with E-state index in [1.165, 1.54) is 44.0 Å². The molecule has 0 fully saturated rings. The molecule has 0 aliphatic heterocycles. The van der Waals surface area contributed by atoms with Gasteiger partial charge in [-0.3, -0.25) is 0 Å². The van der Waals surface area contributed by atoms with E-state index in [1.807, 2.05) is 19.1 Å². The van der Waals surface area contributed by atoms with Crippen molar-refractivity contribution in [2.24, 2.45) is 0 Å². The summed E-state index contributed by atoms with van der Waals surface area (Å²) in [4.78, 5) is 0. The summed E-state index contributed by atoms with van der Waals surface area (Å²) >= 11 is 0. The molecule has 0 saturated heterocycles. The normalized spacial score (nSPS) is 16.4. The maximum atomic E-state index is 6.57. The molecule has 2 nitrogen and oxygen atoms in total. The number of fused-ring (bicyclic) bond motifs is 6. The Labute approximate surface area is 311 Å². The van der Waals surface area contributed by atoms with E-state index in [4.69, 9.17) is 7.85 Å². The van der Waals surface area contributed by atoms with Crippen LogP contribution in [0.3, 0.4) is 0 Å². The second kappa shape index (κ2) is 12.3. The molecule has 2 aliphatic rings. The average Bonchev–Trinajstić information content (AvgIpc) is 3.64. The summed E-state index contributed by atoms with van der Waals surface area (Å²) in [6, 6.07) is 50.6. The van der Waals surface area contributed by atoms with Crippen LogP contribution in [0.15, 0.2) is 164 Å². The zero-order chi connectivity index (χ0) is 35.5. The highest BCUT2D eigenvalue weighted by atomic mass is 15.0. The van der Waals surface area contributed by atoms with E-state index < -0.39 is 5.31 Å². The first-order valence-corrected chi connectivity index (χ1v) is 18.4. The Balaban J connectivity index is 1.30. The molecular formula is C50H35BN2. The first-order valence-electron chi connectivity index (χ1n) is 18.4. The number of hydrogen-bond acceptors (Lipinski definition) is 0. The van der Waals surface area contributed by atoms with Crippen molar-refractivity contribution in [2.75, 3.05) is 0 Å². The highest BCUT2D eigenvalue weighted by molar-refractivity contribution is 6.19. The molecule has 0 N–H and O–H groups in total. The highest BCUT2D eigenvalue weighted by Gasteiger charge is 2.26. The van der Waals surface area contributed by atoms with Crippen LogP contribution < -0.4 is 0 Å². The largest absolute Gasteiger partial charge is 0.312 e. The van der Waals surface area contributed by atoms with Crippen LogP contribution in [0.2, 0.25) is 5.31 Å². The summed E-state index contributed by atoms with van der Waals surface area (Å²) in [6.45, 7) is 1.96. The van der Waals surface area contributed by atoms with Crippen molar-refractivity contribution in [3.05, 3.63) is 181 Å². The summed E-state index contributed by atoms with van der Waals surface area (Å²) in [6.07, 6.45) is 12.7. The maximum Gasteiger partial charge on any atom is 0.0975 e. The van der Waals surface area contributed by atoms with E-state index in [1.54, 1.807) is 0 Å². The molecule has 10 rings (SSSR count). The van der Waals surface area contributed by atoms with Gasteiger partial charge in [-0.1, -0.05) is 140 Å². The molecule has 3 heteroatoms. The van der Waals surface area contributed by atoms with Gasteiger partial charge in [-0.2, -0.15) is 0 Å². The molecule has 2 radical (unpaired) electrons. The Morgan fingerprint density at radius 3 is 2.00 bits per heavy atom. The van der Waals surface area contributed by atoms with Crippen LogP contribution in [-0.4, -0.2) is 17.0 Å². The van der Waals surface area contributed by atoms with Gasteiger partial charge in [0.25, 0.3) is 0 Å². The van der Waals surface area contributed by atoms with Crippen molar-refractivity contribution in [1.82, 2.24) is 9.13 Å². The third-order valence-corrected chi connectivity index (χ3v) is 10.8. The minimum Gasteiger partial charge on any atom is -0.312 e. The van der Waals surface area contributed by atoms with Crippen LogP contribution >= 0.6 is 0 Å². The lowest BCUT2D eigenvalue weighted by Crippen LogP contribution is -2.08. The molecule has 1 unspecified atom stereocenters. The van der Waals surface area contributed by atoms with Gasteiger partial charge in [0.15, 0.2) is 0 Å². The molecule has 1 atom stereocenters. The van der Waals surface area contributed by atoms with E-state index in [0.29, 0.717) is 0 Å². The Morgan fingerprint density at radius 2 is 1.26 bits per heavy atom. The number of nitrogens with zero attached hydrogens (tertiary/aromatic N) is 2. The lowest BCUT2D eigenvalue weighted by molar-refractivity contribution is 0.888. The second-order valence-electron chi connectivity index (χ2n) is 14.3. The van der Waals surface area contributed by atoms with Crippen LogP contribution in [-0.2, 0) is 6.42 Å². The number of para-hydroxylation sites is 2. The van der Waals surface area contributed by atoms with Gasteiger partial charge in [-0.05, 0) is 78.1 Å². The molecule has 0 bridgehead atoms. The van der Waals surface area contributed by atoms with E-state index >= 15 is 0 Å². The van der Waals surface area contributed by atoms with Crippen LogP contribution in [0.5, 0.6) is 0 Å². The second-order valence-corrected chi connectivity index (χ2v) is 14.3. The summed E-state index contributed by atoms with van der Waals surface area (Å²) in [5.41, 5.74) is 15.1. The number of aromatic nitrogens is 2. The van der Waals surface area contributed by atoms with Crippen LogP contribution in [0.1, 0.15) is 30.2 Å². The number of rotatable bonds is 5. The Bertz CT molecular complexity index is 2850. The lowest BCUT2D eigenvalue weighted by atomic mass is 9.71. The number of allylic oxidation sites excluding steroid dienone is 5. The van der Waals surface area contributed by atoms with Crippen molar-refractivity contribution >= 4 is 52.2 Å². The summed E-state index contributed by atoms with van der Waals surface area (Å²) in [5.74, 6) is 6.89. The fourth-order valence-electron chi connectivity index (χ4n) is 8.31. The molecule has 2 aromatic heterocycles. The molecule has 2 heterocycles. The highest BCUT2D eigenvalue weighted by Crippen LogP contribution is 2.44. The van der Waals surface area contributed by atoms with Crippen molar-refractivity contribution in [3.63, 3.8) is 0 Å². The SMILES string of the molecule is [B]C1(C)C#CC(c2cc(-c3ccccc3)cc(-c3ccccc3)c2-n2c3c(c4cc(-n5c6ccccc6c6ccccc65)ccc42)C=CCC3)=CC=C1. The molecule has 6 aromatic carbocycles. The quantitative estimate of drug-likeness (QED) is 0.127. The van der Waals surface area contributed by atoms with Gasteiger partial charge in [0.1, 0.15) is 0 Å². The molecule has 2 aliphatic carbocycles. The first-order chi connectivity index (χ1) is 26.0. The van der Waals surface area contributed by atoms with E-state index in [9.17, 15) is 0 Å². The summed E-state index contributed by atoms with van der Waals surface area (Å²) in [7, 11) is 6.57. The number of hydrogen-bond donors (Lipinski definition) is 0. The average molecular weight is 675 g/mol. The van der Waals surface area contributed by atoms with Gasteiger partial charge in [-0.15, -0.1) is 0 Å². The topological polar surface area (TPSA) is 9.86 Å². The minimum absolute atomic E-state index is 0.717. The first kappa shape index (κ1) is 31.3. The summed E-state index contributed by atoms with van der Waals surface area (Å²) < 4.78 is 4.95. The molecule has 0 amide bonds. The Hall–Kier alpha value is -6.50. The third kappa shape index (κ3) is 5.22. The predicted molar refractivity (Wildman–Crippen MR) is 225 cm³/mol. The maximum absolute atomic E-state index is 6.57. The van der Waals surface area contributed by atoms with Crippen molar-refractivity contribution in [3.8, 4) is 45.5 Å². The standard InChI is InChI=1S/C50H35BN2/c1-50(51)29-14-19-36(28-30-50)43-32-37(34-15-4-2-5-16-34)31-42(35-17-6-3-7-18-35)49(43)53-47-25-13-10-22-41(47)44-33-38(26-27-48(44)53)52-45-23-11-8-20-39(45)40-21-9-12-24-46(40)52/h2-12,14-24,26-27,29,31-33H,13,25H2,1H3. The molecule has 53 heavy (non-hydrogen) atoms. The third-order valence-electron chi connectivity index (χ3n) is 10.8. The predicted octanol–water partition coefficient (Wildman–Crippen LogP) is 12.3. The van der Waals surface area contributed by atoms with Gasteiger partial charge in [0.2, 0.25) is 0 Å². The molecule has 0 spiro atoms.